The number of aliphatic imine (C=N–C) groups is 1. The number of hydrogen-bond acceptors (Lipinski definition) is 5. The van der Waals surface area contributed by atoms with E-state index in [0.29, 0.717) is 15.8 Å². The van der Waals surface area contributed by atoms with E-state index in [0.717, 1.165) is 29.1 Å². The molecule has 1 fully saturated rings. The van der Waals surface area contributed by atoms with Crippen molar-refractivity contribution in [1.82, 2.24) is 5.32 Å². The standard InChI is InChI=1S/C18H18BrN3O2S/c1-3-22(4-2)16-10-9-14(24-16)11-15-17(23)21-18(25-15)20-13-7-5-12(19)6-8-13/h5-11H,3-4H2,1-2H3,(H,20,21,23)/b15-11-. The number of nitrogens with one attached hydrogen (secondary N) is 1. The molecule has 1 N–H and O–H groups in total. The van der Waals surface area contributed by atoms with Crippen molar-refractivity contribution in [2.75, 3.05) is 18.0 Å². The number of benzene rings is 1. The third kappa shape index (κ3) is 4.35. The van der Waals surface area contributed by atoms with E-state index in [1.165, 1.54) is 11.8 Å². The molecule has 1 aromatic heterocycles. The van der Waals surface area contributed by atoms with Gasteiger partial charge in [0.05, 0.1) is 10.6 Å². The summed E-state index contributed by atoms with van der Waals surface area (Å²) in [6.45, 7) is 5.91. The van der Waals surface area contributed by atoms with Gasteiger partial charge in [-0.15, -0.1) is 0 Å². The molecular formula is C18H18BrN3O2S. The van der Waals surface area contributed by atoms with Gasteiger partial charge in [-0.2, -0.15) is 0 Å². The lowest BCUT2D eigenvalue weighted by molar-refractivity contribution is -0.115. The van der Waals surface area contributed by atoms with Gasteiger partial charge in [-0.25, -0.2) is 4.99 Å². The van der Waals surface area contributed by atoms with Crippen molar-refractivity contribution in [3.8, 4) is 0 Å². The zero-order valence-corrected chi connectivity index (χ0v) is 16.4. The molecule has 3 rings (SSSR count). The predicted octanol–water partition coefficient (Wildman–Crippen LogP) is 4.78. The summed E-state index contributed by atoms with van der Waals surface area (Å²) in [4.78, 5) is 19.3. The van der Waals surface area contributed by atoms with E-state index in [2.05, 4.69) is 45.0 Å². The summed E-state index contributed by atoms with van der Waals surface area (Å²) in [5, 5.41) is 3.35. The highest BCUT2D eigenvalue weighted by Crippen LogP contribution is 2.29. The Morgan fingerprint density at radius 1 is 1.20 bits per heavy atom. The zero-order valence-electron chi connectivity index (χ0n) is 14.0. The summed E-state index contributed by atoms with van der Waals surface area (Å²) >= 11 is 4.70. The number of rotatable bonds is 5. The Balaban J connectivity index is 1.76. The highest BCUT2D eigenvalue weighted by Gasteiger charge is 2.24. The Kier molecular flexibility index (Phi) is 5.65. The summed E-state index contributed by atoms with van der Waals surface area (Å²) in [7, 11) is 0. The van der Waals surface area contributed by atoms with Crippen LogP contribution >= 0.6 is 27.7 Å². The highest BCUT2D eigenvalue weighted by molar-refractivity contribution is 9.10. The SMILES string of the molecule is CCN(CC)c1ccc(/C=C2\SC(=Nc3ccc(Br)cc3)NC2=O)o1. The smallest absolute Gasteiger partial charge is 0.264 e. The van der Waals surface area contributed by atoms with E-state index in [1.807, 2.05) is 36.4 Å². The molecule has 0 unspecified atom stereocenters. The van der Waals surface area contributed by atoms with Crippen molar-refractivity contribution in [2.24, 2.45) is 4.99 Å². The molecule has 0 aliphatic carbocycles. The van der Waals surface area contributed by atoms with E-state index in [1.54, 1.807) is 6.08 Å². The summed E-state index contributed by atoms with van der Waals surface area (Å²) in [6, 6.07) is 11.4. The first kappa shape index (κ1) is 17.8. The fourth-order valence-corrected chi connectivity index (χ4v) is 3.45. The fourth-order valence-electron chi connectivity index (χ4n) is 2.37. The molecule has 1 aliphatic heterocycles. The lowest BCUT2D eigenvalue weighted by Crippen LogP contribution is -2.20. The summed E-state index contributed by atoms with van der Waals surface area (Å²) < 4.78 is 6.80. The largest absolute Gasteiger partial charge is 0.441 e. The number of furan rings is 1. The maximum Gasteiger partial charge on any atom is 0.264 e. The van der Waals surface area contributed by atoms with Crippen molar-refractivity contribution in [3.63, 3.8) is 0 Å². The quantitative estimate of drug-likeness (QED) is 0.708. The van der Waals surface area contributed by atoms with Crippen molar-refractivity contribution in [3.05, 3.63) is 51.5 Å². The van der Waals surface area contributed by atoms with E-state index in [-0.39, 0.29) is 5.91 Å². The Hall–Kier alpha value is -1.99. The fraction of sp³-hybridized carbons (Fsp3) is 0.222. The van der Waals surface area contributed by atoms with Gasteiger partial charge < -0.3 is 14.6 Å². The van der Waals surface area contributed by atoms with Gasteiger partial charge in [0, 0.05) is 29.7 Å². The molecule has 2 heterocycles. The number of amides is 1. The lowest BCUT2D eigenvalue weighted by Gasteiger charge is -2.16. The van der Waals surface area contributed by atoms with Gasteiger partial charge in [0.15, 0.2) is 11.1 Å². The zero-order chi connectivity index (χ0) is 17.8. The minimum Gasteiger partial charge on any atom is -0.441 e. The van der Waals surface area contributed by atoms with Gasteiger partial charge in [-0.3, -0.25) is 4.79 Å². The van der Waals surface area contributed by atoms with E-state index in [9.17, 15) is 4.79 Å². The molecule has 25 heavy (non-hydrogen) atoms. The number of nitrogens with zero attached hydrogens (tertiary/aromatic N) is 2. The monoisotopic (exact) mass is 419 g/mol. The van der Waals surface area contributed by atoms with Crippen LogP contribution in [0.3, 0.4) is 0 Å². The molecule has 0 saturated carbocycles. The van der Waals surface area contributed by atoms with Crippen LogP contribution in [0.15, 0.2) is 55.2 Å². The molecule has 0 bridgehead atoms. The molecule has 7 heteroatoms. The Bertz CT molecular complexity index is 823. The Labute approximate surface area is 159 Å². The van der Waals surface area contributed by atoms with Crippen molar-refractivity contribution >= 4 is 56.4 Å². The Morgan fingerprint density at radius 2 is 1.92 bits per heavy atom. The molecule has 0 atom stereocenters. The van der Waals surface area contributed by atoms with Crippen LogP contribution in [0.2, 0.25) is 0 Å². The molecule has 1 aliphatic rings. The molecular weight excluding hydrogens is 402 g/mol. The summed E-state index contributed by atoms with van der Waals surface area (Å²) in [5.74, 6) is 1.30. The van der Waals surface area contributed by atoms with Crippen LogP contribution in [0.4, 0.5) is 11.6 Å². The molecule has 2 aromatic rings. The second kappa shape index (κ2) is 7.93. The maximum absolute atomic E-state index is 12.1. The first-order valence-corrected chi connectivity index (χ1v) is 9.60. The number of halogens is 1. The first-order chi connectivity index (χ1) is 12.1. The number of amidine groups is 1. The minimum absolute atomic E-state index is 0.165. The average Bonchev–Trinajstić information content (AvgIpc) is 3.19. The van der Waals surface area contributed by atoms with Crippen LogP contribution < -0.4 is 10.2 Å². The van der Waals surface area contributed by atoms with E-state index < -0.39 is 0 Å². The van der Waals surface area contributed by atoms with Crippen LogP contribution in [0.1, 0.15) is 19.6 Å². The maximum atomic E-state index is 12.1. The number of anilines is 1. The second-order valence-electron chi connectivity index (χ2n) is 5.31. The average molecular weight is 420 g/mol. The molecule has 0 radical (unpaired) electrons. The number of carbonyl (C=O) groups excluding carboxylic acids is 1. The summed E-state index contributed by atoms with van der Waals surface area (Å²) in [5.41, 5.74) is 0.786. The van der Waals surface area contributed by atoms with Crippen molar-refractivity contribution < 1.29 is 9.21 Å². The second-order valence-corrected chi connectivity index (χ2v) is 7.25. The molecule has 5 nitrogen and oxygen atoms in total. The summed E-state index contributed by atoms with van der Waals surface area (Å²) in [6.07, 6.45) is 1.75. The van der Waals surface area contributed by atoms with Crippen LogP contribution in [0.25, 0.3) is 6.08 Å². The van der Waals surface area contributed by atoms with Crippen LogP contribution in [-0.4, -0.2) is 24.2 Å². The number of carbonyl (C=O) groups is 1. The minimum atomic E-state index is -0.165. The third-order valence-electron chi connectivity index (χ3n) is 3.67. The van der Waals surface area contributed by atoms with Gasteiger partial charge in [-0.05, 0) is 55.9 Å². The van der Waals surface area contributed by atoms with Gasteiger partial charge in [0.1, 0.15) is 5.76 Å². The van der Waals surface area contributed by atoms with Crippen LogP contribution in [0, 0.1) is 0 Å². The molecule has 130 valence electrons. The number of thioether (sulfide) groups is 1. The highest BCUT2D eigenvalue weighted by atomic mass is 79.9. The third-order valence-corrected chi connectivity index (χ3v) is 5.11. The van der Waals surface area contributed by atoms with Crippen molar-refractivity contribution in [2.45, 2.75) is 13.8 Å². The first-order valence-electron chi connectivity index (χ1n) is 7.99. The van der Waals surface area contributed by atoms with Gasteiger partial charge in [0.2, 0.25) is 0 Å². The van der Waals surface area contributed by atoms with Crippen LogP contribution in [-0.2, 0) is 4.79 Å². The topological polar surface area (TPSA) is 57.8 Å². The molecule has 0 spiro atoms. The molecule has 1 aromatic carbocycles. The lowest BCUT2D eigenvalue weighted by atomic mass is 10.3. The predicted molar refractivity (Wildman–Crippen MR) is 107 cm³/mol. The molecule has 1 amide bonds. The van der Waals surface area contributed by atoms with E-state index in [4.69, 9.17) is 4.42 Å². The molecule has 1 saturated heterocycles. The van der Waals surface area contributed by atoms with Gasteiger partial charge >= 0.3 is 0 Å². The Morgan fingerprint density at radius 3 is 2.60 bits per heavy atom. The normalized spacial score (nSPS) is 17.3. The van der Waals surface area contributed by atoms with E-state index >= 15 is 0 Å². The van der Waals surface area contributed by atoms with Gasteiger partial charge in [0.25, 0.3) is 5.91 Å². The van der Waals surface area contributed by atoms with Crippen LogP contribution in [0.5, 0.6) is 0 Å². The number of hydrogen-bond donors (Lipinski definition) is 1. The van der Waals surface area contributed by atoms with Gasteiger partial charge in [-0.1, -0.05) is 15.9 Å². The van der Waals surface area contributed by atoms with Crippen molar-refractivity contribution in [1.29, 1.82) is 0 Å².